The molecule has 5 heteroatoms. The molecule has 92 valence electrons. The van der Waals surface area contributed by atoms with Gasteiger partial charge in [-0.3, -0.25) is 0 Å². The SMILES string of the molecule is CCC(C)(C)CNc1cc(C)nc2ncnn12. The Morgan fingerprint density at radius 1 is 1.41 bits per heavy atom. The number of fused-ring (bicyclic) bond motifs is 1. The normalized spacial score (nSPS) is 12.0. The maximum absolute atomic E-state index is 4.31. The summed E-state index contributed by atoms with van der Waals surface area (Å²) in [5, 5.41) is 7.59. The summed E-state index contributed by atoms with van der Waals surface area (Å²) in [5.74, 6) is 1.59. The van der Waals surface area contributed by atoms with E-state index in [1.165, 1.54) is 6.33 Å². The Balaban J connectivity index is 2.26. The first-order chi connectivity index (χ1) is 8.02. The van der Waals surface area contributed by atoms with Gasteiger partial charge in [-0.15, -0.1) is 0 Å². The number of aryl methyl sites for hydroxylation is 1. The Bertz CT molecular complexity index is 515. The van der Waals surface area contributed by atoms with Gasteiger partial charge >= 0.3 is 0 Å². The van der Waals surface area contributed by atoms with Gasteiger partial charge in [-0.25, -0.2) is 4.98 Å². The fourth-order valence-corrected chi connectivity index (χ4v) is 1.51. The zero-order valence-electron chi connectivity index (χ0n) is 10.9. The Morgan fingerprint density at radius 3 is 2.88 bits per heavy atom. The first-order valence-electron chi connectivity index (χ1n) is 5.93. The summed E-state index contributed by atoms with van der Waals surface area (Å²) in [6.45, 7) is 9.55. The van der Waals surface area contributed by atoms with Crippen molar-refractivity contribution in [1.29, 1.82) is 0 Å². The minimum atomic E-state index is 0.268. The number of rotatable bonds is 4. The van der Waals surface area contributed by atoms with E-state index in [1.54, 1.807) is 4.52 Å². The lowest BCUT2D eigenvalue weighted by atomic mass is 9.90. The Labute approximate surface area is 101 Å². The molecular formula is C12H19N5. The van der Waals surface area contributed by atoms with Crippen molar-refractivity contribution < 1.29 is 0 Å². The van der Waals surface area contributed by atoms with Crippen molar-refractivity contribution in [3.63, 3.8) is 0 Å². The van der Waals surface area contributed by atoms with E-state index in [1.807, 2.05) is 13.0 Å². The van der Waals surface area contributed by atoms with Crippen LogP contribution in [0.15, 0.2) is 12.4 Å². The van der Waals surface area contributed by atoms with Crippen LogP contribution in [-0.4, -0.2) is 26.1 Å². The van der Waals surface area contributed by atoms with Crippen molar-refractivity contribution in [1.82, 2.24) is 19.6 Å². The zero-order valence-corrected chi connectivity index (χ0v) is 10.9. The number of hydrogen-bond acceptors (Lipinski definition) is 4. The molecular weight excluding hydrogens is 214 g/mol. The van der Waals surface area contributed by atoms with Crippen LogP contribution in [0.4, 0.5) is 5.82 Å². The summed E-state index contributed by atoms with van der Waals surface area (Å²) >= 11 is 0. The van der Waals surface area contributed by atoms with Crippen molar-refractivity contribution in [3.8, 4) is 0 Å². The molecule has 0 saturated heterocycles. The maximum Gasteiger partial charge on any atom is 0.254 e. The van der Waals surface area contributed by atoms with Crippen LogP contribution in [0.3, 0.4) is 0 Å². The fraction of sp³-hybridized carbons (Fsp3) is 0.583. The Kier molecular flexibility index (Phi) is 3.00. The smallest absolute Gasteiger partial charge is 0.254 e. The lowest BCUT2D eigenvalue weighted by Crippen LogP contribution is -2.23. The molecule has 0 saturated carbocycles. The van der Waals surface area contributed by atoms with Crippen molar-refractivity contribution in [2.75, 3.05) is 11.9 Å². The standard InChI is InChI=1S/C12H19N5/c1-5-12(3,4)7-13-10-6-9(2)16-11-14-8-15-17(10)11/h6,8,13H,5,7H2,1-4H3. The molecule has 0 amide bonds. The molecule has 0 radical (unpaired) electrons. The molecule has 0 aliphatic heterocycles. The number of nitrogens with one attached hydrogen (secondary N) is 1. The van der Waals surface area contributed by atoms with Crippen LogP contribution in [0.25, 0.3) is 5.78 Å². The van der Waals surface area contributed by atoms with Crippen LogP contribution in [-0.2, 0) is 0 Å². The molecule has 2 aromatic rings. The van der Waals surface area contributed by atoms with Gasteiger partial charge < -0.3 is 5.32 Å². The van der Waals surface area contributed by atoms with E-state index in [-0.39, 0.29) is 5.41 Å². The molecule has 0 atom stereocenters. The van der Waals surface area contributed by atoms with E-state index in [0.29, 0.717) is 5.78 Å². The van der Waals surface area contributed by atoms with Gasteiger partial charge in [0.2, 0.25) is 0 Å². The number of anilines is 1. The van der Waals surface area contributed by atoms with Crippen LogP contribution < -0.4 is 5.32 Å². The summed E-state index contributed by atoms with van der Waals surface area (Å²) in [6, 6.07) is 1.99. The zero-order chi connectivity index (χ0) is 12.5. The van der Waals surface area contributed by atoms with Crippen LogP contribution in [0.1, 0.15) is 32.9 Å². The topological polar surface area (TPSA) is 55.1 Å². The first-order valence-corrected chi connectivity index (χ1v) is 5.93. The minimum Gasteiger partial charge on any atom is -0.369 e. The van der Waals surface area contributed by atoms with Gasteiger partial charge in [-0.1, -0.05) is 20.8 Å². The summed E-state index contributed by atoms with van der Waals surface area (Å²) in [4.78, 5) is 8.42. The third kappa shape index (κ3) is 2.54. The predicted octanol–water partition coefficient (Wildman–Crippen LogP) is 2.28. The summed E-state index contributed by atoms with van der Waals surface area (Å²) in [6.07, 6.45) is 2.66. The Hall–Kier alpha value is -1.65. The number of hydrogen-bond donors (Lipinski definition) is 1. The van der Waals surface area contributed by atoms with E-state index in [2.05, 4.69) is 41.2 Å². The second kappa shape index (κ2) is 4.31. The fourth-order valence-electron chi connectivity index (χ4n) is 1.51. The van der Waals surface area contributed by atoms with Gasteiger partial charge in [0.05, 0.1) is 0 Å². The molecule has 0 spiro atoms. The second-order valence-electron chi connectivity index (χ2n) is 5.13. The highest BCUT2D eigenvalue weighted by atomic mass is 15.3. The minimum absolute atomic E-state index is 0.268. The highest BCUT2D eigenvalue weighted by Gasteiger charge is 2.15. The van der Waals surface area contributed by atoms with Gasteiger partial charge in [-0.05, 0) is 18.8 Å². The van der Waals surface area contributed by atoms with Crippen molar-refractivity contribution in [3.05, 3.63) is 18.1 Å². The highest BCUT2D eigenvalue weighted by Crippen LogP contribution is 2.20. The molecule has 0 aliphatic rings. The first kappa shape index (κ1) is 11.8. The Morgan fingerprint density at radius 2 is 2.18 bits per heavy atom. The average Bonchev–Trinajstić information content (AvgIpc) is 2.73. The molecule has 1 N–H and O–H groups in total. The molecule has 2 rings (SSSR count). The summed E-state index contributed by atoms with van der Waals surface area (Å²) < 4.78 is 1.73. The van der Waals surface area contributed by atoms with Crippen LogP contribution in [0.5, 0.6) is 0 Å². The molecule has 0 unspecified atom stereocenters. The number of aromatic nitrogens is 4. The lowest BCUT2D eigenvalue weighted by molar-refractivity contribution is 0.376. The van der Waals surface area contributed by atoms with E-state index in [9.17, 15) is 0 Å². The molecule has 0 aromatic carbocycles. The third-order valence-electron chi connectivity index (χ3n) is 3.09. The van der Waals surface area contributed by atoms with E-state index in [0.717, 1.165) is 24.5 Å². The molecule has 2 aromatic heterocycles. The van der Waals surface area contributed by atoms with E-state index < -0.39 is 0 Å². The van der Waals surface area contributed by atoms with Crippen LogP contribution in [0.2, 0.25) is 0 Å². The van der Waals surface area contributed by atoms with Crippen molar-refractivity contribution in [2.45, 2.75) is 34.1 Å². The maximum atomic E-state index is 4.31. The van der Waals surface area contributed by atoms with Gasteiger partial charge in [0.25, 0.3) is 5.78 Å². The molecule has 2 heterocycles. The van der Waals surface area contributed by atoms with E-state index in [4.69, 9.17) is 0 Å². The molecule has 0 bridgehead atoms. The monoisotopic (exact) mass is 233 g/mol. The largest absolute Gasteiger partial charge is 0.369 e. The highest BCUT2D eigenvalue weighted by molar-refractivity contribution is 5.44. The summed E-state index contributed by atoms with van der Waals surface area (Å²) in [7, 11) is 0. The van der Waals surface area contributed by atoms with Gasteiger partial charge in [0.15, 0.2) is 0 Å². The molecule has 5 nitrogen and oxygen atoms in total. The van der Waals surface area contributed by atoms with Gasteiger partial charge in [0.1, 0.15) is 12.1 Å². The molecule has 0 aliphatic carbocycles. The average molecular weight is 233 g/mol. The van der Waals surface area contributed by atoms with Crippen molar-refractivity contribution in [2.24, 2.45) is 5.41 Å². The second-order valence-corrected chi connectivity index (χ2v) is 5.13. The van der Waals surface area contributed by atoms with E-state index >= 15 is 0 Å². The lowest BCUT2D eigenvalue weighted by Gasteiger charge is -2.23. The van der Waals surface area contributed by atoms with Gasteiger partial charge in [0, 0.05) is 18.3 Å². The number of nitrogens with zero attached hydrogens (tertiary/aromatic N) is 4. The van der Waals surface area contributed by atoms with Crippen LogP contribution >= 0.6 is 0 Å². The third-order valence-corrected chi connectivity index (χ3v) is 3.09. The molecule has 0 fully saturated rings. The molecule has 17 heavy (non-hydrogen) atoms. The van der Waals surface area contributed by atoms with Gasteiger partial charge in [-0.2, -0.15) is 14.6 Å². The van der Waals surface area contributed by atoms with Crippen molar-refractivity contribution >= 4 is 11.6 Å². The quantitative estimate of drug-likeness (QED) is 0.880. The van der Waals surface area contributed by atoms with Crippen LogP contribution in [0, 0.1) is 12.3 Å². The summed E-state index contributed by atoms with van der Waals surface area (Å²) in [5.41, 5.74) is 1.21. The predicted molar refractivity (Wildman–Crippen MR) is 68.1 cm³/mol.